The minimum Gasteiger partial charge on any atom is -0.371 e. The molecule has 3 atom stereocenters. The van der Waals surface area contributed by atoms with Crippen LogP contribution in [0.2, 0.25) is 0 Å². The van der Waals surface area contributed by atoms with Gasteiger partial charge in [0.15, 0.2) is 0 Å². The normalized spacial score (nSPS) is 35.0. The smallest absolute Gasteiger partial charge is 0.0353 e. The Morgan fingerprint density at radius 2 is 2.19 bits per heavy atom. The molecule has 0 spiro atoms. The number of rotatable bonds is 7. The van der Waals surface area contributed by atoms with E-state index in [1.807, 2.05) is 6.08 Å². The minimum absolute atomic E-state index is 0.584. The van der Waals surface area contributed by atoms with E-state index < -0.39 is 0 Å². The third kappa shape index (κ3) is 3.12. The van der Waals surface area contributed by atoms with Gasteiger partial charge in [-0.1, -0.05) is 31.2 Å². The highest BCUT2D eigenvalue weighted by atomic mass is 15.1. The number of hydrogen-bond acceptors (Lipinski definition) is 1. The standard InChI is InChI=1S/C20H31N/c1-5-12-21(16(3)17-8-9-17)14-19-13-20(19,4)18-10-6-15(2)7-11-18/h5-6,17-19H,1,3,7-14H2,2,4H3. The summed E-state index contributed by atoms with van der Waals surface area (Å²) in [5, 5.41) is 0. The number of allylic oxidation sites excluding steroid dienone is 3. The fraction of sp³-hybridized carbons (Fsp3) is 0.700. The molecule has 21 heavy (non-hydrogen) atoms. The summed E-state index contributed by atoms with van der Waals surface area (Å²) in [7, 11) is 0. The molecule has 3 unspecified atom stereocenters. The third-order valence-electron chi connectivity index (χ3n) is 6.27. The van der Waals surface area contributed by atoms with Crippen LogP contribution in [0.4, 0.5) is 0 Å². The van der Waals surface area contributed by atoms with E-state index in [-0.39, 0.29) is 0 Å². The van der Waals surface area contributed by atoms with Crippen LogP contribution in [0, 0.1) is 23.2 Å². The van der Waals surface area contributed by atoms with Crippen LogP contribution in [0.25, 0.3) is 0 Å². The molecule has 2 fully saturated rings. The molecule has 0 radical (unpaired) electrons. The lowest BCUT2D eigenvalue weighted by atomic mass is 9.78. The highest BCUT2D eigenvalue weighted by Gasteiger charge is 2.54. The lowest BCUT2D eigenvalue weighted by molar-refractivity contribution is 0.248. The van der Waals surface area contributed by atoms with Crippen LogP contribution in [0.1, 0.15) is 52.4 Å². The number of nitrogens with zero attached hydrogens (tertiary/aromatic N) is 1. The average Bonchev–Trinajstić information content (AvgIpc) is 3.36. The first-order valence-corrected chi connectivity index (χ1v) is 8.75. The van der Waals surface area contributed by atoms with E-state index in [1.165, 1.54) is 50.8 Å². The van der Waals surface area contributed by atoms with Crippen LogP contribution in [-0.4, -0.2) is 18.0 Å². The van der Waals surface area contributed by atoms with Crippen molar-refractivity contribution in [2.24, 2.45) is 23.2 Å². The molecule has 0 aromatic rings. The molecule has 0 aromatic carbocycles. The van der Waals surface area contributed by atoms with Crippen molar-refractivity contribution in [3.05, 3.63) is 36.6 Å². The van der Waals surface area contributed by atoms with E-state index in [2.05, 4.69) is 38.0 Å². The molecule has 0 N–H and O–H groups in total. The van der Waals surface area contributed by atoms with Gasteiger partial charge in [0.05, 0.1) is 0 Å². The lowest BCUT2D eigenvalue weighted by Crippen LogP contribution is -2.29. The molecule has 0 heterocycles. The highest BCUT2D eigenvalue weighted by molar-refractivity contribution is 5.14. The molecule has 0 saturated heterocycles. The second kappa shape index (κ2) is 5.66. The Hall–Kier alpha value is -0.980. The summed E-state index contributed by atoms with van der Waals surface area (Å²) < 4.78 is 0. The molecule has 0 aliphatic heterocycles. The molecular weight excluding hydrogens is 254 g/mol. The van der Waals surface area contributed by atoms with Crippen molar-refractivity contribution in [1.82, 2.24) is 4.90 Å². The van der Waals surface area contributed by atoms with E-state index in [0.29, 0.717) is 5.41 Å². The zero-order chi connectivity index (χ0) is 15.0. The van der Waals surface area contributed by atoms with Gasteiger partial charge < -0.3 is 4.90 Å². The van der Waals surface area contributed by atoms with Gasteiger partial charge in [-0.25, -0.2) is 0 Å². The summed E-state index contributed by atoms with van der Waals surface area (Å²) in [5.74, 6) is 2.55. The molecule has 0 amide bonds. The van der Waals surface area contributed by atoms with Crippen molar-refractivity contribution in [2.45, 2.75) is 52.4 Å². The van der Waals surface area contributed by atoms with Gasteiger partial charge in [-0.3, -0.25) is 0 Å². The zero-order valence-corrected chi connectivity index (χ0v) is 13.9. The third-order valence-corrected chi connectivity index (χ3v) is 6.27. The quantitative estimate of drug-likeness (QED) is 0.583. The first-order chi connectivity index (χ1) is 10.0. The maximum absolute atomic E-state index is 4.36. The van der Waals surface area contributed by atoms with Gasteiger partial charge in [0, 0.05) is 18.8 Å². The Morgan fingerprint density at radius 3 is 2.76 bits per heavy atom. The topological polar surface area (TPSA) is 3.24 Å². The summed E-state index contributed by atoms with van der Waals surface area (Å²) >= 11 is 0. The van der Waals surface area contributed by atoms with Gasteiger partial charge in [-0.2, -0.15) is 0 Å². The van der Waals surface area contributed by atoms with Gasteiger partial charge in [-0.05, 0) is 68.6 Å². The van der Waals surface area contributed by atoms with Crippen LogP contribution in [0.15, 0.2) is 36.6 Å². The SMILES string of the molecule is C=CCN(CC1CC1(C)C1CC=C(C)CC1)C(=C)C1CC1. The Bertz CT molecular complexity index is 456. The Kier molecular flexibility index (Phi) is 4.03. The number of hydrogen-bond donors (Lipinski definition) is 0. The molecule has 3 aliphatic carbocycles. The fourth-order valence-corrected chi connectivity index (χ4v) is 4.21. The largest absolute Gasteiger partial charge is 0.371 e. The van der Waals surface area contributed by atoms with Gasteiger partial charge in [-0.15, -0.1) is 6.58 Å². The maximum atomic E-state index is 4.36. The van der Waals surface area contributed by atoms with E-state index in [9.17, 15) is 0 Å². The zero-order valence-electron chi connectivity index (χ0n) is 13.9. The molecule has 0 aromatic heterocycles. The Morgan fingerprint density at radius 1 is 1.43 bits per heavy atom. The molecule has 2 saturated carbocycles. The van der Waals surface area contributed by atoms with Crippen molar-refractivity contribution in [3.8, 4) is 0 Å². The lowest BCUT2D eigenvalue weighted by Gasteiger charge is -2.31. The summed E-state index contributed by atoms with van der Waals surface area (Å²) in [6, 6.07) is 0. The predicted molar refractivity (Wildman–Crippen MR) is 90.9 cm³/mol. The second-order valence-corrected chi connectivity index (χ2v) is 7.89. The van der Waals surface area contributed by atoms with Crippen molar-refractivity contribution in [3.63, 3.8) is 0 Å². The molecule has 1 nitrogen and oxygen atoms in total. The predicted octanol–water partition coefficient (Wildman–Crippen LogP) is 5.17. The Balaban J connectivity index is 1.58. The van der Waals surface area contributed by atoms with E-state index in [0.717, 1.165) is 24.3 Å². The minimum atomic E-state index is 0.584. The summed E-state index contributed by atoms with van der Waals surface area (Å²) in [6.45, 7) is 15.3. The van der Waals surface area contributed by atoms with Gasteiger partial charge >= 0.3 is 0 Å². The average molecular weight is 285 g/mol. The van der Waals surface area contributed by atoms with Crippen molar-refractivity contribution >= 4 is 0 Å². The Labute approximate surface area is 130 Å². The van der Waals surface area contributed by atoms with Crippen LogP contribution < -0.4 is 0 Å². The molecule has 116 valence electrons. The van der Waals surface area contributed by atoms with Crippen LogP contribution in [0.3, 0.4) is 0 Å². The monoisotopic (exact) mass is 285 g/mol. The van der Waals surface area contributed by atoms with Crippen molar-refractivity contribution < 1.29 is 0 Å². The maximum Gasteiger partial charge on any atom is 0.0353 e. The van der Waals surface area contributed by atoms with E-state index >= 15 is 0 Å². The van der Waals surface area contributed by atoms with Crippen LogP contribution in [-0.2, 0) is 0 Å². The molecular formula is C20H31N. The van der Waals surface area contributed by atoms with Crippen LogP contribution >= 0.6 is 0 Å². The summed E-state index contributed by atoms with van der Waals surface area (Å²) in [5.41, 5.74) is 3.56. The molecule has 3 aliphatic rings. The van der Waals surface area contributed by atoms with Gasteiger partial charge in [0.2, 0.25) is 0 Å². The van der Waals surface area contributed by atoms with E-state index in [1.54, 1.807) is 5.57 Å². The molecule has 1 heteroatoms. The van der Waals surface area contributed by atoms with Gasteiger partial charge in [0.1, 0.15) is 0 Å². The van der Waals surface area contributed by atoms with Crippen molar-refractivity contribution in [1.29, 1.82) is 0 Å². The van der Waals surface area contributed by atoms with E-state index in [4.69, 9.17) is 0 Å². The fourth-order valence-electron chi connectivity index (χ4n) is 4.21. The van der Waals surface area contributed by atoms with Crippen molar-refractivity contribution in [2.75, 3.05) is 13.1 Å². The summed E-state index contributed by atoms with van der Waals surface area (Å²) in [6.07, 6.45) is 12.7. The molecule has 3 rings (SSSR count). The first kappa shape index (κ1) is 14.9. The van der Waals surface area contributed by atoms with Crippen LogP contribution in [0.5, 0.6) is 0 Å². The van der Waals surface area contributed by atoms with Gasteiger partial charge in [0.25, 0.3) is 0 Å². The molecule has 0 bridgehead atoms. The first-order valence-electron chi connectivity index (χ1n) is 8.75. The second-order valence-electron chi connectivity index (χ2n) is 7.89. The highest BCUT2D eigenvalue weighted by Crippen LogP contribution is 2.61. The summed E-state index contributed by atoms with van der Waals surface area (Å²) in [4.78, 5) is 2.52.